The molecule has 0 fully saturated rings. The van der Waals surface area contributed by atoms with Gasteiger partial charge in [-0.1, -0.05) is 19.8 Å². The van der Waals surface area contributed by atoms with Gasteiger partial charge in [0, 0.05) is 24.8 Å². The van der Waals surface area contributed by atoms with Gasteiger partial charge in [0.1, 0.15) is 0 Å². The van der Waals surface area contributed by atoms with Crippen LogP contribution in [0.2, 0.25) is 0 Å². The van der Waals surface area contributed by atoms with Crippen LogP contribution in [-0.2, 0) is 4.79 Å². The van der Waals surface area contributed by atoms with E-state index in [1.54, 1.807) is 36.2 Å². The fraction of sp³-hybridized carbons (Fsp3) is 0.467. The molecule has 0 spiro atoms. The molecule has 2 amide bonds. The number of rotatable bonds is 7. The molecule has 0 saturated carbocycles. The summed E-state index contributed by atoms with van der Waals surface area (Å²) in [5, 5.41) is 2.62. The lowest BCUT2D eigenvalue weighted by atomic mass is 10.2. The maximum atomic E-state index is 11.8. The van der Waals surface area contributed by atoms with Crippen molar-refractivity contribution in [2.75, 3.05) is 25.9 Å². The van der Waals surface area contributed by atoms with E-state index in [-0.39, 0.29) is 18.4 Å². The van der Waals surface area contributed by atoms with E-state index in [9.17, 15) is 9.59 Å². The number of nitrogens with two attached hydrogens (primary N) is 1. The van der Waals surface area contributed by atoms with Crippen molar-refractivity contribution < 1.29 is 9.59 Å². The van der Waals surface area contributed by atoms with Crippen molar-refractivity contribution in [3.63, 3.8) is 0 Å². The third-order valence-electron chi connectivity index (χ3n) is 3.10. The van der Waals surface area contributed by atoms with Gasteiger partial charge in [-0.2, -0.15) is 0 Å². The lowest BCUT2D eigenvalue weighted by Gasteiger charge is -2.17. The highest BCUT2D eigenvalue weighted by Crippen LogP contribution is 2.05. The zero-order valence-electron chi connectivity index (χ0n) is 12.2. The molecular formula is C15H23N3O2. The second-order valence-corrected chi connectivity index (χ2v) is 4.83. The average Bonchev–Trinajstić information content (AvgIpc) is 2.45. The molecule has 0 radical (unpaired) electrons. The van der Waals surface area contributed by atoms with E-state index in [4.69, 9.17) is 5.73 Å². The van der Waals surface area contributed by atoms with E-state index >= 15 is 0 Å². The fourth-order valence-electron chi connectivity index (χ4n) is 1.75. The minimum absolute atomic E-state index is 0.0197. The highest BCUT2D eigenvalue weighted by Gasteiger charge is 2.11. The molecule has 5 nitrogen and oxygen atoms in total. The van der Waals surface area contributed by atoms with Gasteiger partial charge in [-0.15, -0.1) is 0 Å². The van der Waals surface area contributed by atoms with Gasteiger partial charge in [-0.25, -0.2) is 0 Å². The number of nitrogen functional groups attached to an aromatic ring is 1. The smallest absolute Gasteiger partial charge is 0.251 e. The molecular weight excluding hydrogens is 254 g/mol. The van der Waals surface area contributed by atoms with Crippen LogP contribution >= 0.6 is 0 Å². The minimum Gasteiger partial charge on any atom is -0.399 e. The van der Waals surface area contributed by atoms with Crippen molar-refractivity contribution in [1.29, 1.82) is 0 Å². The van der Waals surface area contributed by atoms with Crippen LogP contribution in [0.4, 0.5) is 5.69 Å². The normalized spacial score (nSPS) is 10.1. The number of nitrogens with one attached hydrogen (secondary N) is 1. The maximum absolute atomic E-state index is 11.8. The van der Waals surface area contributed by atoms with Gasteiger partial charge in [0.2, 0.25) is 5.91 Å². The third-order valence-corrected chi connectivity index (χ3v) is 3.10. The van der Waals surface area contributed by atoms with E-state index in [1.807, 2.05) is 0 Å². The number of hydrogen-bond acceptors (Lipinski definition) is 3. The van der Waals surface area contributed by atoms with Crippen molar-refractivity contribution in [3.8, 4) is 0 Å². The summed E-state index contributed by atoms with van der Waals surface area (Å²) < 4.78 is 0. The Kier molecular flexibility index (Phi) is 6.56. The number of anilines is 1. The summed E-state index contributed by atoms with van der Waals surface area (Å²) in [6.45, 7) is 2.87. The van der Waals surface area contributed by atoms with Crippen molar-refractivity contribution in [2.24, 2.45) is 0 Å². The van der Waals surface area contributed by atoms with Crippen LogP contribution < -0.4 is 11.1 Å². The average molecular weight is 277 g/mol. The number of benzene rings is 1. The molecule has 110 valence electrons. The number of nitrogens with zero attached hydrogens (tertiary/aromatic N) is 1. The Balaban J connectivity index is 2.36. The van der Waals surface area contributed by atoms with Gasteiger partial charge < -0.3 is 16.0 Å². The van der Waals surface area contributed by atoms with E-state index in [2.05, 4.69) is 12.2 Å². The van der Waals surface area contributed by atoms with Crippen molar-refractivity contribution in [1.82, 2.24) is 10.2 Å². The molecule has 0 aliphatic carbocycles. The van der Waals surface area contributed by atoms with Crippen LogP contribution in [0, 0.1) is 0 Å². The quantitative estimate of drug-likeness (QED) is 0.588. The SMILES string of the molecule is CCCCCN(C)C(=O)CNC(=O)c1ccc(N)cc1. The van der Waals surface area contributed by atoms with Crippen LogP contribution in [-0.4, -0.2) is 36.9 Å². The molecule has 3 N–H and O–H groups in total. The zero-order chi connectivity index (χ0) is 15.0. The van der Waals surface area contributed by atoms with Gasteiger partial charge >= 0.3 is 0 Å². The molecule has 0 heterocycles. The monoisotopic (exact) mass is 277 g/mol. The molecule has 20 heavy (non-hydrogen) atoms. The number of hydrogen-bond donors (Lipinski definition) is 2. The van der Waals surface area contributed by atoms with Crippen molar-refractivity contribution >= 4 is 17.5 Å². The Morgan fingerprint density at radius 1 is 1.20 bits per heavy atom. The molecule has 0 bridgehead atoms. The van der Waals surface area contributed by atoms with Crippen LogP contribution in [0.5, 0.6) is 0 Å². The van der Waals surface area contributed by atoms with Crippen LogP contribution in [0.3, 0.4) is 0 Å². The Morgan fingerprint density at radius 2 is 1.85 bits per heavy atom. The van der Waals surface area contributed by atoms with Gasteiger partial charge in [0.25, 0.3) is 5.91 Å². The summed E-state index contributed by atoms with van der Waals surface area (Å²) in [5.74, 6) is -0.342. The van der Waals surface area contributed by atoms with Crippen molar-refractivity contribution in [2.45, 2.75) is 26.2 Å². The Morgan fingerprint density at radius 3 is 2.45 bits per heavy atom. The van der Waals surface area contributed by atoms with Gasteiger partial charge in [-0.3, -0.25) is 9.59 Å². The highest BCUT2D eigenvalue weighted by atomic mass is 16.2. The first-order valence-corrected chi connectivity index (χ1v) is 6.92. The fourth-order valence-corrected chi connectivity index (χ4v) is 1.75. The third kappa shape index (κ3) is 5.30. The highest BCUT2D eigenvalue weighted by molar-refractivity contribution is 5.96. The second-order valence-electron chi connectivity index (χ2n) is 4.83. The largest absolute Gasteiger partial charge is 0.399 e. The standard InChI is InChI=1S/C15H23N3O2/c1-3-4-5-10-18(2)14(19)11-17-15(20)12-6-8-13(16)9-7-12/h6-9H,3-5,10-11,16H2,1-2H3,(H,17,20). The predicted octanol–water partition coefficient (Wildman–Crippen LogP) is 1.65. The van der Waals surface area contributed by atoms with E-state index in [0.29, 0.717) is 11.3 Å². The zero-order valence-corrected chi connectivity index (χ0v) is 12.2. The first kappa shape index (κ1) is 16.0. The molecule has 0 saturated heterocycles. The summed E-state index contributed by atoms with van der Waals surface area (Å²) in [5.41, 5.74) is 6.66. The summed E-state index contributed by atoms with van der Waals surface area (Å²) >= 11 is 0. The molecule has 1 rings (SSSR count). The van der Waals surface area contributed by atoms with E-state index < -0.39 is 0 Å². The lowest BCUT2D eigenvalue weighted by Crippen LogP contribution is -2.38. The molecule has 0 aromatic heterocycles. The Labute approximate surface area is 120 Å². The predicted molar refractivity (Wildman–Crippen MR) is 80.3 cm³/mol. The van der Waals surface area contributed by atoms with E-state index in [0.717, 1.165) is 25.8 Å². The van der Waals surface area contributed by atoms with E-state index in [1.165, 1.54) is 0 Å². The minimum atomic E-state index is -0.264. The molecule has 1 aromatic rings. The summed E-state index contributed by atoms with van der Waals surface area (Å²) in [7, 11) is 1.76. The molecule has 1 aromatic carbocycles. The molecule has 5 heteroatoms. The summed E-state index contributed by atoms with van der Waals surface area (Å²) in [4.78, 5) is 25.3. The molecule has 0 atom stereocenters. The molecule has 0 aliphatic rings. The first-order chi connectivity index (χ1) is 9.54. The van der Waals surface area contributed by atoms with Gasteiger partial charge in [0.15, 0.2) is 0 Å². The number of carbonyl (C=O) groups is 2. The van der Waals surface area contributed by atoms with Crippen molar-refractivity contribution in [3.05, 3.63) is 29.8 Å². The van der Waals surface area contributed by atoms with Crippen LogP contribution in [0.15, 0.2) is 24.3 Å². The Hall–Kier alpha value is -2.04. The van der Waals surface area contributed by atoms with Gasteiger partial charge in [-0.05, 0) is 30.7 Å². The first-order valence-electron chi connectivity index (χ1n) is 6.92. The van der Waals surface area contributed by atoms with Gasteiger partial charge in [0.05, 0.1) is 6.54 Å². The van der Waals surface area contributed by atoms with Crippen LogP contribution in [0.25, 0.3) is 0 Å². The maximum Gasteiger partial charge on any atom is 0.251 e. The topological polar surface area (TPSA) is 75.4 Å². The number of amides is 2. The number of carbonyl (C=O) groups excluding carboxylic acids is 2. The second kappa shape index (κ2) is 8.19. The lowest BCUT2D eigenvalue weighted by molar-refractivity contribution is -0.128. The number of unbranched alkanes of at least 4 members (excludes halogenated alkanes) is 2. The molecule has 0 unspecified atom stereocenters. The molecule has 0 aliphatic heterocycles. The summed E-state index contributed by atoms with van der Waals surface area (Å²) in [6, 6.07) is 6.60. The number of likely N-dealkylation sites (N-methyl/N-ethyl adjacent to an activating group) is 1. The summed E-state index contributed by atoms with van der Waals surface area (Å²) in [6.07, 6.45) is 3.22. The van der Waals surface area contributed by atoms with Crippen LogP contribution in [0.1, 0.15) is 36.5 Å². The Bertz CT molecular complexity index is 443.